The van der Waals surface area contributed by atoms with E-state index in [9.17, 15) is 8.42 Å². The van der Waals surface area contributed by atoms with Crippen molar-refractivity contribution >= 4 is 10.0 Å². The standard InChI is InChI=1S/C12H22N4O2S/c1-4-16-6-5-11(8-16)7-13-19(17,18)12-9(2)14-15-10(12)3/h11,13H,4-8H2,1-3H3,(H,14,15). The minimum absolute atomic E-state index is 0.290. The predicted octanol–water partition coefficient (Wildman–Crippen LogP) is 0.647. The topological polar surface area (TPSA) is 78.1 Å². The molecule has 0 saturated carbocycles. The van der Waals surface area contributed by atoms with Crippen LogP contribution in [-0.2, 0) is 10.0 Å². The first-order valence-electron chi connectivity index (χ1n) is 6.67. The van der Waals surface area contributed by atoms with Gasteiger partial charge in [-0.3, -0.25) is 5.10 Å². The molecule has 1 aliphatic heterocycles. The number of hydrogen-bond acceptors (Lipinski definition) is 4. The molecule has 0 spiro atoms. The maximum absolute atomic E-state index is 12.3. The Morgan fingerprint density at radius 3 is 2.74 bits per heavy atom. The number of aryl methyl sites for hydroxylation is 2. The number of nitrogens with zero attached hydrogens (tertiary/aromatic N) is 2. The van der Waals surface area contributed by atoms with Gasteiger partial charge in [-0.1, -0.05) is 6.92 Å². The number of rotatable bonds is 5. The Morgan fingerprint density at radius 2 is 2.21 bits per heavy atom. The van der Waals surface area contributed by atoms with Gasteiger partial charge in [0.2, 0.25) is 10.0 Å². The second-order valence-electron chi connectivity index (χ2n) is 5.16. The van der Waals surface area contributed by atoms with Crippen LogP contribution in [0, 0.1) is 19.8 Å². The number of aromatic amines is 1. The molecule has 1 unspecified atom stereocenters. The highest BCUT2D eigenvalue weighted by atomic mass is 32.2. The molecule has 1 aromatic heterocycles. The third-order valence-electron chi connectivity index (χ3n) is 3.71. The molecule has 6 nitrogen and oxygen atoms in total. The highest BCUT2D eigenvalue weighted by Crippen LogP contribution is 2.18. The van der Waals surface area contributed by atoms with Gasteiger partial charge in [0.25, 0.3) is 0 Å². The first-order valence-corrected chi connectivity index (χ1v) is 8.16. The fourth-order valence-electron chi connectivity index (χ4n) is 2.60. The first kappa shape index (κ1) is 14.5. The number of sulfonamides is 1. The summed E-state index contributed by atoms with van der Waals surface area (Å²) in [5.41, 5.74) is 1.11. The van der Waals surface area contributed by atoms with Crippen LogP contribution in [0.3, 0.4) is 0 Å². The van der Waals surface area contributed by atoms with Gasteiger partial charge < -0.3 is 4.90 Å². The summed E-state index contributed by atoms with van der Waals surface area (Å²) < 4.78 is 27.2. The molecule has 108 valence electrons. The molecule has 2 rings (SSSR count). The minimum Gasteiger partial charge on any atom is -0.303 e. The minimum atomic E-state index is -3.45. The predicted molar refractivity (Wildman–Crippen MR) is 73.5 cm³/mol. The van der Waals surface area contributed by atoms with Crippen molar-refractivity contribution in [3.8, 4) is 0 Å². The molecule has 19 heavy (non-hydrogen) atoms. The molecule has 1 atom stereocenters. The van der Waals surface area contributed by atoms with E-state index in [-0.39, 0.29) is 4.90 Å². The molecule has 7 heteroatoms. The number of H-pyrrole nitrogens is 1. The average Bonchev–Trinajstić information content (AvgIpc) is 2.94. The van der Waals surface area contributed by atoms with Gasteiger partial charge in [-0.05, 0) is 39.3 Å². The summed E-state index contributed by atoms with van der Waals surface area (Å²) in [7, 11) is -3.45. The molecular formula is C12H22N4O2S. The quantitative estimate of drug-likeness (QED) is 0.833. The molecule has 1 fully saturated rings. The van der Waals surface area contributed by atoms with Gasteiger partial charge in [-0.15, -0.1) is 0 Å². The molecular weight excluding hydrogens is 264 g/mol. The maximum Gasteiger partial charge on any atom is 0.244 e. The van der Waals surface area contributed by atoms with Crippen molar-refractivity contribution in [1.82, 2.24) is 19.8 Å². The van der Waals surface area contributed by atoms with Crippen LogP contribution in [0.25, 0.3) is 0 Å². The van der Waals surface area contributed by atoms with Crippen molar-refractivity contribution < 1.29 is 8.42 Å². The summed E-state index contributed by atoms with van der Waals surface area (Å²) in [5.74, 6) is 0.405. The van der Waals surface area contributed by atoms with Crippen molar-refractivity contribution in [2.24, 2.45) is 5.92 Å². The third-order valence-corrected chi connectivity index (χ3v) is 5.39. The largest absolute Gasteiger partial charge is 0.303 e. The monoisotopic (exact) mass is 286 g/mol. The van der Waals surface area contributed by atoms with Gasteiger partial charge in [-0.2, -0.15) is 5.10 Å². The van der Waals surface area contributed by atoms with Crippen molar-refractivity contribution in [2.45, 2.75) is 32.1 Å². The van der Waals surface area contributed by atoms with Crippen molar-refractivity contribution in [2.75, 3.05) is 26.2 Å². The lowest BCUT2D eigenvalue weighted by atomic mass is 10.1. The van der Waals surface area contributed by atoms with E-state index >= 15 is 0 Å². The normalized spacial score (nSPS) is 21.1. The highest BCUT2D eigenvalue weighted by molar-refractivity contribution is 7.89. The summed E-state index contributed by atoms with van der Waals surface area (Å²) in [6.07, 6.45) is 1.06. The number of likely N-dealkylation sites (tertiary alicyclic amines) is 1. The van der Waals surface area contributed by atoms with Crippen molar-refractivity contribution in [1.29, 1.82) is 0 Å². The summed E-state index contributed by atoms with van der Waals surface area (Å²) in [4.78, 5) is 2.63. The molecule has 0 aliphatic carbocycles. The van der Waals surface area contributed by atoms with Crippen LogP contribution in [0.15, 0.2) is 4.90 Å². The van der Waals surface area contributed by atoms with E-state index in [1.807, 2.05) is 0 Å². The second kappa shape index (κ2) is 5.60. The summed E-state index contributed by atoms with van der Waals surface area (Å²) in [6, 6.07) is 0. The van der Waals surface area contributed by atoms with E-state index in [1.54, 1.807) is 13.8 Å². The average molecular weight is 286 g/mol. The van der Waals surface area contributed by atoms with E-state index in [1.165, 1.54) is 0 Å². The fourth-order valence-corrected chi connectivity index (χ4v) is 4.09. The molecule has 1 saturated heterocycles. The molecule has 0 radical (unpaired) electrons. The fraction of sp³-hybridized carbons (Fsp3) is 0.750. The van der Waals surface area contributed by atoms with E-state index in [2.05, 4.69) is 26.7 Å². The molecule has 0 amide bonds. The van der Waals surface area contributed by atoms with Crippen molar-refractivity contribution in [3.63, 3.8) is 0 Å². The van der Waals surface area contributed by atoms with Gasteiger partial charge in [0, 0.05) is 13.1 Å². The van der Waals surface area contributed by atoms with Crippen LogP contribution < -0.4 is 4.72 Å². The number of nitrogens with one attached hydrogen (secondary N) is 2. The Balaban J connectivity index is 1.99. The Bertz CT molecular complexity index is 518. The molecule has 0 aromatic carbocycles. The lowest BCUT2D eigenvalue weighted by molar-refractivity contribution is 0.342. The van der Waals surface area contributed by atoms with Gasteiger partial charge >= 0.3 is 0 Å². The van der Waals surface area contributed by atoms with Crippen LogP contribution in [0.1, 0.15) is 24.7 Å². The van der Waals surface area contributed by atoms with E-state index in [0.717, 1.165) is 26.1 Å². The SMILES string of the molecule is CCN1CCC(CNS(=O)(=O)c2c(C)n[nH]c2C)C1. The first-order chi connectivity index (χ1) is 8.94. The van der Waals surface area contributed by atoms with E-state index in [0.29, 0.717) is 23.9 Å². The smallest absolute Gasteiger partial charge is 0.244 e. The Hall–Kier alpha value is -0.920. The van der Waals surface area contributed by atoms with Crippen LogP contribution in [0.2, 0.25) is 0 Å². The molecule has 1 aliphatic rings. The Labute approximate surface area is 114 Å². The third kappa shape index (κ3) is 3.16. The number of hydrogen-bond donors (Lipinski definition) is 2. The van der Waals surface area contributed by atoms with Gasteiger partial charge in [0.15, 0.2) is 0 Å². The van der Waals surface area contributed by atoms with Gasteiger partial charge in [-0.25, -0.2) is 13.1 Å². The molecule has 2 N–H and O–H groups in total. The Morgan fingerprint density at radius 1 is 1.47 bits per heavy atom. The zero-order chi connectivity index (χ0) is 14.0. The van der Waals surface area contributed by atoms with Crippen LogP contribution >= 0.6 is 0 Å². The maximum atomic E-state index is 12.3. The van der Waals surface area contributed by atoms with Gasteiger partial charge in [0.05, 0.1) is 11.4 Å². The van der Waals surface area contributed by atoms with E-state index < -0.39 is 10.0 Å². The van der Waals surface area contributed by atoms with Crippen molar-refractivity contribution in [3.05, 3.63) is 11.4 Å². The Kier molecular flexibility index (Phi) is 4.27. The summed E-state index contributed by atoms with van der Waals surface area (Å²) in [6.45, 7) is 9.13. The lowest BCUT2D eigenvalue weighted by Gasteiger charge is -2.14. The molecule has 1 aromatic rings. The van der Waals surface area contributed by atoms with E-state index in [4.69, 9.17) is 0 Å². The van der Waals surface area contributed by atoms with Crippen LogP contribution in [-0.4, -0.2) is 49.7 Å². The van der Waals surface area contributed by atoms with Crippen LogP contribution in [0.5, 0.6) is 0 Å². The lowest BCUT2D eigenvalue weighted by Crippen LogP contribution is -2.31. The summed E-state index contributed by atoms with van der Waals surface area (Å²) in [5, 5.41) is 6.64. The zero-order valence-electron chi connectivity index (χ0n) is 11.7. The molecule has 0 bridgehead atoms. The zero-order valence-corrected chi connectivity index (χ0v) is 12.5. The van der Waals surface area contributed by atoms with Crippen LogP contribution in [0.4, 0.5) is 0 Å². The summed E-state index contributed by atoms with van der Waals surface area (Å²) >= 11 is 0. The van der Waals surface area contributed by atoms with Gasteiger partial charge in [0.1, 0.15) is 4.90 Å². The highest BCUT2D eigenvalue weighted by Gasteiger charge is 2.26. The number of aromatic nitrogens is 2. The second-order valence-corrected chi connectivity index (χ2v) is 6.87. The molecule has 2 heterocycles.